The second kappa shape index (κ2) is 9.73. The number of hydrogen-bond acceptors (Lipinski definition) is 2. The van der Waals surface area contributed by atoms with Gasteiger partial charge in [-0.15, -0.1) is 0 Å². The van der Waals surface area contributed by atoms with Gasteiger partial charge in [-0.05, 0) is 68.5 Å². The molecule has 154 valence electrons. The van der Waals surface area contributed by atoms with Crippen LogP contribution in [0.1, 0.15) is 35.6 Å². The molecular formula is C27H30N2O. The van der Waals surface area contributed by atoms with Crippen LogP contribution in [0.4, 0.5) is 5.69 Å². The van der Waals surface area contributed by atoms with Gasteiger partial charge in [0.25, 0.3) is 0 Å². The maximum absolute atomic E-state index is 13.3. The largest absolute Gasteiger partial charge is 0.324 e. The van der Waals surface area contributed by atoms with Gasteiger partial charge >= 0.3 is 0 Å². The van der Waals surface area contributed by atoms with E-state index in [2.05, 4.69) is 59.6 Å². The average molecular weight is 399 g/mol. The van der Waals surface area contributed by atoms with Gasteiger partial charge in [0, 0.05) is 5.69 Å². The summed E-state index contributed by atoms with van der Waals surface area (Å²) in [5, 5.41) is 3.14. The number of hydrogen-bond donors (Lipinski definition) is 1. The van der Waals surface area contributed by atoms with E-state index >= 15 is 0 Å². The van der Waals surface area contributed by atoms with Gasteiger partial charge in [0.1, 0.15) is 6.04 Å². The lowest BCUT2D eigenvalue weighted by Crippen LogP contribution is -2.42. The van der Waals surface area contributed by atoms with E-state index in [0.717, 1.165) is 43.6 Å². The molecule has 1 amide bonds. The van der Waals surface area contributed by atoms with E-state index in [-0.39, 0.29) is 11.9 Å². The molecule has 0 radical (unpaired) electrons. The number of carbonyl (C=O) groups is 1. The maximum Gasteiger partial charge on any atom is 0.246 e. The van der Waals surface area contributed by atoms with E-state index in [1.165, 1.54) is 11.1 Å². The molecule has 1 atom stereocenters. The highest BCUT2D eigenvalue weighted by atomic mass is 16.2. The van der Waals surface area contributed by atoms with E-state index in [1.807, 2.05) is 42.5 Å². The van der Waals surface area contributed by atoms with Crippen LogP contribution >= 0.6 is 0 Å². The van der Waals surface area contributed by atoms with Gasteiger partial charge in [0.05, 0.1) is 0 Å². The molecule has 1 unspecified atom stereocenters. The molecule has 1 heterocycles. The minimum absolute atomic E-state index is 0.0477. The summed E-state index contributed by atoms with van der Waals surface area (Å²) >= 11 is 0. The quantitative estimate of drug-likeness (QED) is 0.584. The number of aryl methyl sites for hydroxylation is 1. The predicted molar refractivity (Wildman–Crippen MR) is 123 cm³/mol. The molecule has 0 spiro atoms. The van der Waals surface area contributed by atoms with E-state index in [1.54, 1.807) is 0 Å². The first-order valence-electron chi connectivity index (χ1n) is 10.9. The van der Waals surface area contributed by atoms with Crippen molar-refractivity contribution in [2.75, 3.05) is 18.4 Å². The summed E-state index contributed by atoms with van der Waals surface area (Å²) in [6.07, 6.45) is 3.37. The van der Waals surface area contributed by atoms with Gasteiger partial charge in [-0.1, -0.05) is 78.4 Å². The van der Waals surface area contributed by atoms with Crippen LogP contribution < -0.4 is 5.32 Å². The van der Waals surface area contributed by atoms with Crippen LogP contribution in [0.3, 0.4) is 0 Å². The summed E-state index contributed by atoms with van der Waals surface area (Å²) in [5.74, 6) is 0.729. The number of piperidine rings is 1. The maximum atomic E-state index is 13.3. The van der Waals surface area contributed by atoms with Crippen molar-refractivity contribution in [1.82, 2.24) is 4.90 Å². The fourth-order valence-corrected chi connectivity index (χ4v) is 4.37. The fraction of sp³-hybridized carbons (Fsp3) is 0.296. The van der Waals surface area contributed by atoms with Gasteiger partial charge in [-0.25, -0.2) is 0 Å². The Balaban J connectivity index is 1.45. The Morgan fingerprint density at radius 2 is 1.50 bits per heavy atom. The minimum atomic E-state index is -0.259. The molecule has 0 aliphatic carbocycles. The van der Waals surface area contributed by atoms with Crippen LogP contribution in [-0.2, 0) is 11.2 Å². The number of carbonyl (C=O) groups excluding carboxylic acids is 1. The molecule has 1 aliphatic heterocycles. The van der Waals surface area contributed by atoms with Gasteiger partial charge in [0.15, 0.2) is 0 Å². The zero-order chi connectivity index (χ0) is 20.8. The molecule has 0 aromatic heterocycles. The molecule has 1 N–H and O–H groups in total. The standard InChI is InChI=1S/C27H30N2O/c1-21-12-14-25(15-13-21)28-27(30)26(24-10-6-3-7-11-24)29-18-16-23(17-19-29)20-22-8-4-2-5-9-22/h2-15,23,26H,16-20H2,1H3,(H,28,30). The van der Waals surface area contributed by atoms with Crippen molar-refractivity contribution in [1.29, 1.82) is 0 Å². The predicted octanol–water partition coefficient (Wildman–Crippen LogP) is 5.63. The third kappa shape index (κ3) is 5.17. The van der Waals surface area contributed by atoms with Gasteiger partial charge in [-0.2, -0.15) is 0 Å². The molecule has 3 heteroatoms. The Kier molecular flexibility index (Phi) is 6.60. The second-order valence-corrected chi connectivity index (χ2v) is 8.34. The number of amides is 1. The number of nitrogens with one attached hydrogen (secondary N) is 1. The lowest BCUT2D eigenvalue weighted by molar-refractivity contribution is -0.122. The van der Waals surface area contributed by atoms with Crippen LogP contribution in [0, 0.1) is 12.8 Å². The van der Waals surface area contributed by atoms with Crippen molar-refractivity contribution >= 4 is 11.6 Å². The zero-order valence-corrected chi connectivity index (χ0v) is 17.6. The fourth-order valence-electron chi connectivity index (χ4n) is 4.37. The third-order valence-corrected chi connectivity index (χ3v) is 6.06. The first-order valence-corrected chi connectivity index (χ1v) is 10.9. The topological polar surface area (TPSA) is 32.3 Å². The van der Waals surface area contributed by atoms with E-state index in [4.69, 9.17) is 0 Å². The highest BCUT2D eigenvalue weighted by Gasteiger charge is 2.31. The van der Waals surface area contributed by atoms with Crippen molar-refractivity contribution in [2.45, 2.75) is 32.2 Å². The van der Waals surface area contributed by atoms with Crippen molar-refractivity contribution in [3.8, 4) is 0 Å². The number of anilines is 1. The second-order valence-electron chi connectivity index (χ2n) is 8.34. The Bertz CT molecular complexity index is 930. The Morgan fingerprint density at radius 3 is 2.13 bits per heavy atom. The number of rotatable bonds is 6. The molecule has 1 fully saturated rings. The highest BCUT2D eigenvalue weighted by Crippen LogP contribution is 2.29. The minimum Gasteiger partial charge on any atom is -0.324 e. The number of likely N-dealkylation sites (tertiary alicyclic amines) is 1. The lowest BCUT2D eigenvalue weighted by Gasteiger charge is -2.37. The van der Waals surface area contributed by atoms with Crippen LogP contribution in [-0.4, -0.2) is 23.9 Å². The molecule has 0 bridgehead atoms. The van der Waals surface area contributed by atoms with Gasteiger partial charge in [-0.3, -0.25) is 9.69 Å². The molecule has 3 aromatic rings. The monoisotopic (exact) mass is 398 g/mol. The van der Waals surface area contributed by atoms with Crippen LogP contribution in [0.25, 0.3) is 0 Å². The number of benzene rings is 3. The molecule has 3 nitrogen and oxygen atoms in total. The molecule has 3 aromatic carbocycles. The normalized spacial score (nSPS) is 16.2. The average Bonchev–Trinajstić information content (AvgIpc) is 2.78. The van der Waals surface area contributed by atoms with Crippen molar-refractivity contribution in [3.63, 3.8) is 0 Å². The Hall–Kier alpha value is -2.91. The third-order valence-electron chi connectivity index (χ3n) is 6.06. The van der Waals surface area contributed by atoms with Crippen molar-refractivity contribution in [2.24, 2.45) is 5.92 Å². The molecule has 0 saturated carbocycles. The summed E-state index contributed by atoms with van der Waals surface area (Å²) in [4.78, 5) is 15.7. The summed E-state index contributed by atoms with van der Waals surface area (Å²) in [6.45, 7) is 3.94. The molecule has 30 heavy (non-hydrogen) atoms. The van der Waals surface area contributed by atoms with E-state index in [9.17, 15) is 4.79 Å². The van der Waals surface area contributed by atoms with Gasteiger partial charge in [0.2, 0.25) is 5.91 Å². The first kappa shape index (κ1) is 20.4. The molecular weight excluding hydrogens is 368 g/mol. The Labute approximate surface area is 179 Å². The Morgan fingerprint density at radius 1 is 0.900 bits per heavy atom. The van der Waals surface area contributed by atoms with Crippen LogP contribution in [0.5, 0.6) is 0 Å². The first-order chi connectivity index (χ1) is 14.7. The smallest absolute Gasteiger partial charge is 0.246 e. The summed E-state index contributed by atoms with van der Waals surface area (Å²) in [5.41, 5.74) is 4.51. The summed E-state index contributed by atoms with van der Waals surface area (Å²) < 4.78 is 0. The number of nitrogens with zero attached hydrogens (tertiary/aromatic N) is 1. The lowest BCUT2D eigenvalue weighted by atomic mass is 9.89. The zero-order valence-electron chi connectivity index (χ0n) is 17.6. The highest BCUT2D eigenvalue weighted by molar-refractivity contribution is 5.95. The summed E-state index contributed by atoms with van der Waals surface area (Å²) in [6, 6.07) is 28.7. The summed E-state index contributed by atoms with van der Waals surface area (Å²) in [7, 11) is 0. The SMILES string of the molecule is Cc1ccc(NC(=O)C(c2ccccc2)N2CCC(Cc3ccccc3)CC2)cc1. The van der Waals surface area contributed by atoms with Crippen LogP contribution in [0.2, 0.25) is 0 Å². The van der Waals surface area contributed by atoms with Crippen molar-refractivity contribution < 1.29 is 4.79 Å². The van der Waals surface area contributed by atoms with Crippen LogP contribution in [0.15, 0.2) is 84.9 Å². The van der Waals surface area contributed by atoms with Gasteiger partial charge < -0.3 is 5.32 Å². The van der Waals surface area contributed by atoms with E-state index in [0.29, 0.717) is 5.92 Å². The molecule has 4 rings (SSSR count). The molecule has 1 aliphatic rings. The molecule has 1 saturated heterocycles. The van der Waals surface area contributed by atoms with E-state index < -0.39 is 0 Å². The van der Waals surface area contributed by atoms with Crippen molar-refractivity contribution in [3.05, 3.63) is 102 Å².